The molecule has 9 heteroatoms. The number of pyridine rings is 1. The Kier molecular flexibility index (Phi) is 5.35. The predicted molar refractivity (Wildman–Crippen MR) is 113 cm³/mol. The minimum absolute atomic E-state index is 0.114. The summed E-state index contributed by atoms with van der Waals surface area (Å²) in [6, 6.07) is 8.78. The number of primary amides is 1. The van der Waals surface area contributed by atoms with E-state index in [9.17, 15) is 9.59 Å². The summed E-state index contributed by atoms with van der Waals surface area (Å²) >= 11 is 6.23. The molecule has 0 bridgehead atoms. The molecule has 150 valence electrons. The molecule has 2 aromatic heterocycles. The molecule has 0 radical (unpaired) electrons. The summed E-state index contributed by atoms with van der Waals surface area (Å²) < 4.78 is 0. The number of hydrogen-bond acceptors (Lipinski definition) is 5. The van der Waals surface area contributed by atoms with Gasteiger partial charge in [-0.3, -0.25) is 4.79 Å². The third-order valence-electron chi connectivity index (χ3n) is 5.16. The van der Waals surface area contributed by atoms with Crippen LogP contribution in [0.5, 0.6) is 0 Å². The number of amides is 2. The number of nitrogens with zero attached hydrogens (tertiary/aromatic N) is 2. The molecule has 0 atom stereocenters. The highest BCUT2D eigenvalue weighted by Crippen LogP contribution is 2.27. The lowest BCUT2D eigenvalue weighted by atomic mass is 9.91. The number of carbonyl (C=O) groups is 1. The number of nitrogens with one attached hydrogen (secondary N) is 3. The molecule has 2 heterocycles. The number of anilines is 1. The molecule has 0 aliphatic heterocycles. The molecule has 0 spiro atoms. The summed E-state index contributed by atoms with van der Waals surface area (Å²) in [7, 11) is 0. The Labute approximate surface area is 171 Å². The van der Waals surface area contributed by atoms with E-state index < -0.39 is 6.03 Å². The number of fused-ring (bicyclic) bond motifs is 1. The second kappa shape index (κ2) is 8.08. The predicted octanol–water partition coefficient (Wildman–Crippen LogP) is 3.03. The molecule has 1 aromatic carbocycles. The lowest BCUT2D eigenvalue weighted by Crippen LogP contribution is -2.42. The minimum atomic E-state index is -0.487. The van der Waals surface area contributed by atoms with E-state index in [0.717, 1.165) is 31.1 Å². The summed E-state index contributed by atoms with van der Waals surface area (Å²) in [5, 5.41) is 7.30. The third-order valence-corrected chi connectivity index (χ3v) is 5.49. The number of aromatic nitrogens is 3. The number of carbonyl (C=O) groups excluding carboxylic acids is 1. The van der Waals surface area contributed by atoms with Gasteiger partial charge in [-0.25, -0.2) is 9.78 Å². The normalized spacial score (nSPS) is 19.1. The largest absolute Gasteiger partial charge is 0.352 e. The van der Waals surface area contributed by atoms with E-state index in [1.165, 1.54) is 0 Å². The summed E-state index contributed by atoms with van der Waals surface area (Å²) in [5.74, 6) is 0.463. The maximum Gasteiger partial charge on any atom is 0.312 e. The number of halogens is 1. The topological polar surface area (TPSA) is 126 Å². The van der Waals surface area contributed by atoms with Crippen LogP contribution in [-0.2, 0) is 0 Å². The van der Waals surface area contributed by atoms with E-state index in [1.54, 1.807) is 24.4 Å². The fraction of sp³-hybridized carbons (Fsp3) is 0.300. The van der Waals surface area contributed by atoms with Gasteiger partial charge in [-0.15, -0.1) is 0 Å². The van der Waals surface area contributed by atoms with Crippen LogP contribution in [-0.4, -0.2) is 33.1 Å². The number of aromatic amines is 1. The summed E-state index contributed by atoms with van der Waals surface area (Å²) in [6.07, 6.45) is 5.10. The van der Waals surface area contributed by atoms with Gasteiger partial charge in [0.2, 0.25) is 5.95 Å². The molecule has 0 saturated heterocycles. The first kappa shape index (κ1) is 19.2. The van der Waals surface area contributed by atoms with Crippen molar-refractivity contribution in [2.45, 2.75) is 37.8 Å². The van der Waals surface area contributed by atoms with Crippen molar-refractivity contribution < 1.29 is 4.79 Å². The number of urea groups is 1. The van der Waals surface area contributed by atoms with Gasteiger partial charge < -0.3 is 21.4 Å². The Hall–Kier alpha value is -3.13. The molecule has 1 saturated carbocycles. The number of rotatable bonds is 4. The Morgan fingerprint density at radius 1 is 1.14 bits per heavy atom. The molecule has 29 heavy (non-hydrogen) atoms. The van der Waals surface area contributed by atoms with Crippen molar-refractivity contribution in [3.8, 4) is 11.1 Å². The van der Waals surface area contributed by atoms with E-state index in [4.69, 9.17) is 17.3 Å². The van der Waals surface area contributed by atoms with Gasteiger partial charge in [-0.1, -0.05) is 29.8 Å². The zero-order valence-electron chi connectivity index (χ0n) is 15.6. The van der Waals surface area contributed by atoms with Crippen LogP contribution in [0.25, 0.3) is 22.2 Å². The van der Waals surface area contributed by atoms with Crippen LogP contribution >= 0.6 is 11.6 Å². The smallest absolute Gasteiger partial charge is 0.312 e. The van der Waals surface area contributed by atoms with Gasteiger partial charge in [0.15, 0.2) is 0 Å². The van der Waals surface area contributed by atoms with E-state index in [1.807, 2.05) is 12.1 Å². The van der Waals surface area contributed by atoms with Gasteiger partial charge >= 0.3 is 6.03 Å². The zero-order valence-corrected chi connectivity index (χ0v) is 16.4. The fourth-order valence-corrected chi connectivity index (χ4v) is 3.95. The van der Waals surface area contributed by atoms with Crippen LogP contribution in [0.3, 0.4) is 0 Å². The van der Waals surface area contributed by atoms with E-state index in [0.29, 0.717) is 27.7 Å². The van der Waals surface area contributed by atoms with Crippen molar-refractivity contribution in [2.75, 3.05) is 5.32 Å². The molecule has 4 rings (SSSR count). The SMILES string of the molecule is NC(=O)NC1CCC(Nc2ncc3cc(-c4ccccc4Cl)c(=O)[nH]c3n2)CC1. The molecule has 1 fully saturated rings. The van der Waals surface area contributed by atoms with Crippen LogP contribution in [0.15, 0.2) is 41.3 Å². The molecular formula is C20H21ClN6O2. The van der Waals surface area contributed by atoms with E-state index in [2.05, 4.69) is 25.6 Å². The van der Waals surface area contributed by atoms with Crippen molar-refractivity contribution in [3.63, 3.8) is 0 Å². The van der Waals surface area contributed by atoms with Crippen LogP contribution in [0.2, 0.25) is 5.02 Å². The minimum Gasteiger partial charge on any atom is -0.352 e. The van der Waals surface area contributed by atoms with Crippen molar-refractivity contribution in [2.24, 2.45) is 5.73 Å². The maximum atomic E-state index is 12.6. The average molecular weight is 413 g/mol. The van der Waals surface area contributed by atoms with Gasteiger partial charge in [-0.05, 0) is 37.8 Å². The highest BCUT2D eigenvalue weighted by atomic mass is 35.5. The van der Waals surface area contributed by atoms with Crippen LogP contribution < -0.4 is 21.9 Å². The Morgan fingerprint density at radius 3 is 2.59 bits per heavy atom. The van der Waals surface area contributed by atoms with Gasteiger partial charge in [0.05, 0.1) is 0 Å². The molecule has 1 aliphatic rings. The standard InChI is InChI=1S/C20H21ClN6O2/c21-16-4-2-1-3-14(16)15-9-11-10-23-20(27-17(11)26-18(15)28)25-13-7-5-12(6-8-13)24-19(22)29/h1-4,9-10,12-13H,5-8H2,(H3,22,24,29)(H2,23,25,26,27,28). The Morgan fingerprint density at radius 2 is 1.86 bits per heavy atom. The van der Waals surface area contributed by atoms with Gasteiger partial charge in [-0.2, -0.15) is 4.98 Å². The average Bonchev–Trinajstić information content (AvgIpc) is 2.69. The maximum absolute atomic E-state index is 12.6. The second-order valence-electron chi connectivity index (χ2n) is 7.19. The summed E-state index contributed by atoms with van der Waals surface area (Å²) in [6.45, 7) is 0. The van der Waals surface area contributed by atoms with Crippen molar-refractivity contribution in [3.05, 3.63) is 51.9 Å². The molecule has 0 unspecified atom stereocenters. The second-order valence-corrected chi connectivity index (χ2v) is 7.60. The van der Waals surface area contributed by atoms with Gasteiger partial charge in [0, 0.05) is 39.8 Å². The quantitative estimate of drug-likeness (QED) is 0.524. The van der Waals surface area contributed by atoms with Crippen LogP contribution in [0.4, 0.5) is 10.7 Å². The monoisotopic (exact) mass is 412 g/mol. The van der Waals surface area contributed by atoms with Gasteiger partial charge in [0.25, 0.3) is 5.56 Å². The van der Waals surface area contributed by atoms with E-state index in [-0.39, 0.29) is 17.6 Å². The first-order chi connectivity index (χ1) is 14.0. The van der Waals surface area contributed by atoms with Crippen LogP contribution in [0.1, 0.15) is 25.7 Å². The van der Waals surface area contributed by atoms with Crippen molar-refractivity contribution in [1.29, 1.82) is 0 Å². The number of benzene rings is 1. The zero-order chi connectivity index (χ0) is 20.4. The summed E-state index contributed by atoms with van der Waals surface area (Å²) in [4.78, 5) is 35.2. The molecule has 1 aliphatic carbocycles. The van der Waals surface area contributed by atoms with Crippen molar-refractivity contribution in [1.82, 2.24) is 20.3 Å². The Bertz CT molecular complexity index is 1110. The van der Waals surface area contributed by atoms with E-state index >= 15 is 0 Å². The highest BCUT2D eigenvalue weighted by Gasteiger charge is 2.22. The first-order valence-corrected chi connectivity index (χ1v) is 9.85. The number of nitrogens with two attached hydrogens (primary N) is 1. The molecule has 3 aromatic rings. The Balaban J connectivity index is 1.52. The number of H-pyrrole nitrogens is 1. The highest BCUT2D eigenvalue weighted by molar-refractivity contribution is 6.33. The molecule has 8 nitrogen and oxygen atoms in total. The lowest BCUT2D eigenvalue weighted by molar-refractivity contribution is 0.240. The third kappa shape index (κ3) is 4.32. The van der Waals surface area contributed by atoms with Crippen LogP contribution in [0, 0.1) is 0 Å². The number of hydrogen-bond donors (Lipinski definition) is 4. The first-order valence-electron chi connectivity index (χ1n) is 9.47. The van der Waals surface area contributed by atoms with Gasteiger partial charge in [0.1, 0.15) is 5.65 Å². The van der Waals surface area contributed by atoms with Crippen molar-refractivity contribution >= 4 is 34.6 Å². The lowest BCUT2D eigenvalue weighted by Gasteiger charge is -2.29. The summed E-state index contributed by atoms with van der Waals surface area (Å²) in [5.41, 5.74) is 6.54. The fourth-order valence-electron chi connectivity index (χ4n) is 3.71. The molecule has 5 N–H and O–H groups in total. The molecule has 2 amide bonds. The molecular weight excluding hydrogens is 392 g/mol.